The molecule has 108 valence electrons. The Hall–Kier alpha value is -2.69. The molecule has 0 aromatic heterocycles. The monoisotopic (exact) mass is 284 g/mol. The Kier molecular flexibility index (Phi) is 4.03. The molecule has 21 heavy (non-hydrogen) atoms. The van der Waals surface area contributed by atoms with Gasteiger partial charge in [0.1, 0.15) is 5.69 Å². The Morgan fingerprint density at radius 2 is 1.76 bits per heavy atom. The molecule has 0 atom stereocenters. The van der Waals surface area contributed by atoms with Crippen molar-refractivity contribution in [2.45, 2.75) is 13.8 Å². The van der Waals surface area contributed by atoms with E-state index in [4.69, 9.17) is 0 Å². The number of carbonyl (C=O) groups is 1. The molecule has 0 N–H and O–H groups in total. The molecule has 0 aliphatic heterocycles. The first-order valence-corrected chi connectivity index (χ1v) is 6.50. The van der Waals surface area contributed by atoms with Crippen LogP contribution >= 0.6 is 0 Å². The van der Waals surface area contributed by atoms with Gasteiger partial charge < -0.3 is 4.90 Å². The van der Waals surface area contributed by atoms with Gasteiger partial charge in [0.2, 0.25) is 0 Å². The third-order valence-corrected chi connectivity index (χ3v) is 3.36. The molecular formula is C16H16N2O3. The van der Waals surface area contributed by atoms with Crippen molar-refractivity contribution in [1.82, 2.24) is 0 Å². The molecule has 2 aromatic carbocycles. The highest BCUT2D eigenvalue weighted by Gasteiger charge is 2.19. The second-order valence-corrected chi connectivity index (χ2v) is 4.91. The summed E-state index contributed by atoms with van der Waals surface area (Å²) in [6, 6.07) is 12.2. The molecule has 0 radical (unpaired) electrons. The van der Waals surface area contributed by atoms with Crippen molar-refractivity contribution >= 4 is 22.8 Å². The van der Waals surface area contributed by atoms with Crippen molar-refractivity contribution < 1.29 is 9.72 Å². The lowest BCUT2D eigenvalue weighted by molar-refractivity contribution is -0.384. The van der Waals surface area contributed by atoms with E-state index in [0.717, 1.165) is 11.3 Å². The molecule has 0 saturated carbocycles. The van der Waals surface area contributed by atoms with Crippen molar-refractivity contribution in [2.75, 3.05) is 11.9 Å². The maximum atomic E-state index is 11.4. The Morgan fingerprint density at radius 1 is 1.14 bits per heavy atom. The zero-order valence-electron chi connectivity index (χ0n) is 12.2. The van der Waals surface area contributed by atoms with Crippen LogP contribution in [0.1, 0.15) is 22.8 Å². The number of nitrogens with zero attached hydrogens (tertiary/aromatic N) is 2. The maximum Gasteiger partial charge on any atom is 0.293 e. The molecule has 5 nitrogen and oxygen atoms in total. The van der Waals surface area contributed by atoms with Gasteiger partial charge in [-0.15, -0.1) is 0 Å². The predicted octanol–water partition coefficient (Wildman–Crippen LogP) is 3.87. The van der Waals surface area contributed by atoms with E-state index in [-0.39, 0.29) is 11.5 Å². The van der Waals surface area contributed by atoms with Crippen LogP contribution in [0.5, 0.6) is 0 Å². The average molecular weight is 284 g/mol. The van der Waals surface area contributed by atoms with E-state index in [1.165, 1.54) is 13.0 Å². The van der Waals surface area contributed by atoms with Crippen LogP contribution in [0, 0.1) is 17.0 Å². The third-order valence-electron chi connectivity index (χ3n) is 3.36. The maximum absolute atomic E-state index is 11.4. The molecule has 2 rings (SSSR count). The topological polar surface area (TPSA) is 63.5 Å². The van der Waals surface area contributed by atoms with E-state index in [1.807, 2.05) is 31.2 Å². The first-order chi connectivity index (χ1) is 9.90. The molecule has 0 heterocycles. The van der Waals surface area contributed by atoms with Crippen molar-refractivity contribution in [3.05, 3.63) is 63.7 Å². The number of nitro benzene ring substituents is 1. The highest BCUT2D eigenvalue weighted by Crippen LogP contribution is 2.33. The number of nitro groups is 1. The van der Waals surface area contributed by atoms with Gasteiger partial charge in [-0.1, -0.05) is 17.7 Å². The summed E-state index contributed by atoms with van der Waals surface area (Å²) in [5.41, 5.74) is 2.68. The number of Topliss-reactive ketones (excluding diaryl/α,β-unsaturated/α-hetero) is 1. The van der Waals surface area contributed by atoms with Crippen LogP contribution in [-0.2, 0) is 0 Å². The molecule has 5 heteroatoms. The number of hydrogen-bond donors (Lipinski definition) is 0. The lowest BCUT2D eigenvalue weighted by Crippen LogP contribution is -2.12. The highest BCUT2D eigenvalue weighted by atomic mass is 16.6. The average Bonchev–Trinajstić information content (AvgIpc) is 2.46. The molecule has 0 unspecified atom stereocenters. The van der Waals surface area contributed by atoms with Crippen LogP contribution in [0.2, 0.25) is 0 Å². The van der Waals surface area contributed by atoms with Crippen molar-refractivity contribution in [3.8, 4) is 0 Å². The number of ketones is 1. The van der Waals surface area contributed by atoms with Crippen LogP contribution in [0.15, 0.2) is 42.5 Å². The van der Waals surface area contributed by atoms with Gasteiger partial charge in [0.15, 0.2) is 5.78 Å². The fourth-order valence-electron chi connectivity index (χ4n) is 2.08. The van der Waals surface area contributed by atoms with Crippen LogP contribution in [0.3, 0.4) is 0 Å². The zero-order chi connectivity index (χ0) is 15.6. The van der Waals surface area contributed by atoms with Gasteiger partial charge in [-0.2, -0.15) is 0 Å². The number of aryl methyl sites for hydroxylation is 1. The number of benzene rings is 2. The Bertz CT molecular complexity index is 693. The summed E-state index contributed by atoms with van der Waals surface area (Å²) in [7, 11) is 1.76. The molecule has 0 aliphatic carbocycles. The van der Waals surface area contributed by atoms with E-state index in [1.54, 1.807) is 24.1 Å². The van der Waals surface area contributed by atoms with Gasteiger partial charge in [0.25, 0.3) is 5.69 Å². The SMILES string of the molecule is CC(=O)c1ccc(N(C)c2ccc(C)cc2)c([N+](=O)[O-])c1. The molecular weight excluding hydrogens is 268 g/mol. The van der Waals surface area contributed by atoms with E-state index < -0.39 is 4.92 Å². The van der Waals surface area contributed by atoms with E-state index in [9.17, 15) is 14.9 Å². The number of carbonyl (C=O) groups excluding carboxylic acids is 1. The molecule has 0 aliphatic rings. The smallest absolute Gasteiger partial charge is 0.293 e. The van der Waals surface area contributed by atoms with Gasteiger partial charge in [-0.05, 0) is 38.1 Å². The molecule has 0 amide bonds. The second kappa shape index (κ2) is 5.75. The quantitative estimate of drug-likeness (QED) is 0.485. The van der Waals surface area contributed by atoms with Gasteiger partial charge >= 0.3 is 0 Å². The van der Waals surface area contributed by atoms with Gasteiger partial charge in [-0.25, -0.2) is 0 Å². The minimum atomic E-state index is -0.466. The van der Waals surface area contributed by atoms with Crippen LogP contribution in [-0.4, -0.2) is 17.8 Å². The molecule has 0 fully saturated rings. The Labute approximate surface area is 123 Å². The summed E-state index contributed by atoms with van der Waals surface area (Å²) in [5, 5.41) is 11.3. The third kappa shape index (κ3) is 3.08. The standard InChI is InChI=1S/C16H16N2O3/c1-11-4-7-14(8-5-11)17(3)15-9-6-13(12(2)19)10-16(15)18(20)21/h4-10H,1-3H3. The largest absolute Gasteiger partial charge is 0.339 e. The van der Waals surface area contributed by atoms with Crippen LogP contribution in [0.25, 0.3) is 0 Å². The number of anilines is 2. The summed E-state index contributed by atoms with van der Waals surface area (Å²) in [4.78, 5) is 23.9. The van der Waals surface area contributed by atoms with Crippen molar-refractivity contribution in [1.29, 1.82) is 0 Å². The summed E-state index contributed by atoms with van der Waals surface area (Å²) in [5.74, 6) is -0.192. The number of rotatable bonds is 4. The minimum Gasteiger partial charge on any atom is -0.339 e. The first-order valence-electron chi connectivity index (χ1n) is 6.50. The molecule has 0 bridgehead atoms. The zero-order valence-corrected chi connectivity index (χ0v) is 12.2. The minimum absolute atomic E-state index is 0.0780. The lowest BCUT2D eigenvalue weighted by atomic mass is 10.1. The Morgan fingerprint density at radius 3 is 2.29 bits per heavy atom. The molecule has 0 saturated heterocycles. The van der Waals surface area contributed by atoms with Crippen LogP contribution < -0.4 is 4.90 Å². The normalized spacial score (nSPS) is 10.2. The van der Waals surface area contributed by atoms with Crippen LogP contribution in [0.4, 0.5) is 17.1 Å². The lowest BCUT2D eigenvalue weighted by Gasteiger charge is -2.19. The fourth-order valence-corrected chi connectivity index (χ4v) is 2.08. The summed E-state index contributed by atoms with van der Waals surface area (Å²) in [6.45, 7) is 3.37. The second-order valence-electron chi connectivity index (χ2n) is 4.91. The summed E-state index contributed by atoms with van der Waals surface area (Å²) in [6.07, 6.45) is 0. The van der Waals surface area contributed by atoms with E-state index in [2.05, 4.69) is 0 Å². The Balaban J connectivity index is 2.49. The van der Waals surface area contributed by atoms with Gasteiger partial charge in [0.05, 0.1) is 4.92 Å². The van der Waals surface area contributed by atoms with E-state index in [0.29, 0.717) is 11.3 Å². The fraction of sp³-hybridized carbons (Fsp3) is 0.188. The molecule has 0 spiro atoms. The number of hydrogen-bond acceptors (Lipinski definition) is 4. The predicted molar refractivity (Wildman–Crippen MR) is 82.3 cm³/mol. The summed E-state index contributed by atoms with van der Waals surface area (Å²) >= 11 is 0. The highest BCUT2D eigenvalue weighted by molar-refractivity contribution is 5.95. The van der Waals surface area contributed by atoms with Gasteiger partial charge in [-0.3, -0.25) is 14.9 Å². The van der Waals surface area contributed by atoms with Crippen molar-refractivity contribution in [3.63, 3.8) is 0 Å². The molecule has 2 aromatic rings. The van der Waals surface area contributed by atoms with E-state index >= 15 is 0 Å². The first kappa shape index (κ1) is 14.7. The summed E-state index contributed by atoms with van der Waals surface area (Å²) < 4.78 is 0. The van der Waals surface area contributed by atoms with Crippen molar-refractivity contribution in [2.24, 2.45) is 0 Å². The van der Waals surface area contributed by atoms with Gasteiger partial charge in [0, 0.05) is 24.4 Å².